The molecule has 14 heavy (non-hydrogen) atoms. The molecule has 0 radical (unpaired) electrons. The van der Waals surface area contributed by atoms with Gasteiger partial charge in [-0.3, -0.25) is 0 Å². The second kappa shape index (κ2) is 3.49. The number of halogens is 3. The predicted octanol–water partition coefficient (Wildman–Crippen LogP) is 2.43. The van der Waals surface area contributed by atoms with Crippen LogP contribution >= 0.6 is 0 Å². The van der Waals surface area contributed by atoms with Crippen molar-refractivity contribution in [1.29, 1.82) is 0 Å². The van der Waals surface area contributed by atoms with Gasteiger partial charge in [-0.05, 0) is 19.1 Å². The highest BCUT2D eigenvalue weighted by molar-refractivity contribution is 5.39. The van der Waals surface area contributed by atoms with Crippen molar-refractivity contribution >= 4 is 0 Å². The lowest BCUT2D eigenvalue weighted by atomic mass is 10.1. The number of rotatable bonds is 1. The van der Waals surface area contributed by atoms with Crippen LogP contribution in [0.25, 0.3) is 0 Å². The van der Waals surface area contributed by atoms with Crippen LogP contribution in [0.4, 0.5) is 13.2 Å². The van der Waals surface area contributed by atoms with Crippen molar-refractivity contribution in [2.45, 2.75) is 19.1 Å². The van der Waals surface area contributed by atoms with E-state index in [1.807, 2.05) is 0 Å². The van der Waals surface area contributed by atoms with Gasteiger partial charge >= 0.3 is 6.18 Å². The molecule has 2 nitrogen and oxygen atoms in total. The van der Waals surface area contributed by atoms with Gasteiger partial charge in [0.15, 0.2) is 0 Å². The van der Waals surface area contributed by atoms with Crippen molar-refractivity contribution in [2.75, 3.05) is 0 Å². The molecular weight excluding hydrogens is 195 g/mol. The molecule has 78 valence electrons. The average molecular weight is 205 g/mol. The van der Waals surface area contributed by atoms with E-state index in [9.17, 15) is 18.3 Å². The summed E-state index contributed by atoms with van der Waals surface area (Å²) in [5.41, 5.74) is 4.86. The Kier molecular flexibility index (Phi) is 2.71. The topological polar surface area (TPSA) is 46.2 Å². The summed E-state index contributed by atoms with van der Waals surface area (Å²) >= 11 is 0. The van der Waals surface area contributed by atoms with Crippen molar-refractivity contribution in [3.05, 3.63) is 29.3 Å². The second-order valence-electron chi connectivity index (χ2n) is 3.06. The zero-order valence-electron chi connectivity index (χ0n) is 7.47. The van der Waals surface area contributed by atoms with E-state index in [-0.39, 0.29) is 0 Å². The van der Waals surface area contributed by atoms with Crippen LogP contribution < -0.4 is 5.73 Å². The highest BCUT2D eigenvalue weighted by Gasteiger charge is 2.31. The maximum Gasteiger partial charge on any atom is 0.416 e. The molecule has 1 aromatic carbocycles. The number of aromatic hydroxyl groups is 1. The van der Waals surface area contributed by atoms with Crippen molar-refractivity contribution in [1.82, 2.24) is 0 Å². The standard InChI is InChI=1S/C9H10F3NO/c1-5(13)7-3-2-6(4-8(7)14)9(10,11)12/h2-5,14H,13H2,1H3/t5-/m1/s1. The molecule has 0 saturated heterocycles. The van der Waals surface area contributed by atoms with Crippen molar-refractivity contribution in [2.24, 2.45) is 5.73 Å². The molecule has 0 unspecified atom stereocenters. The molecular formula is C9H10F3NO. The Bertz CT molecular complexity index is 333. The van der Waals surface area contributed by atoms with E-state index in [1.165, 1.54) is 6.07 Å². The molecule has 0 aliphatic carbocycles. The second-order valence-corrected chi connectivity index (χ2v) is 3.06. The number of alkyl halides is 3. The van der Waals surface area contributed by atoms with Gasteiger partial charge in [-0.1, -0.05) is 6.07 Å². The molecule has 0 amide bonds. The van der Waals surface area contributed by atoms with Crippen molar-refractivity contribution in [3.8, 4) is 5.75 Å². The first-order valence-corrected chi connectivity index (χ1v) is 3.98. The van der Waals surface area contributed by atoms with Crippen LogP contribution in [-0.4, -0.2) is 5.11 Å². The molecule has 3 N–H and O–H groups in total. The fraction of sp³-hybridized carbons (Fsp3) is 0.333. The van der Waals surface area contributed by atoms with Gasteiger partial charge in [0, 0.05) is 11.6 Å². The summed E-state index contributed by atoms with van der Waals surface area (Å²) in [6.45, 7) is 1.59. The third kappa shape index (κ3) is 2.17. The van der Waals surface area contributed by atoms with E-state index < -0.39 is 23.5 Å². The molecule has 0 bridgehead atoms. The summed E-state index contributed by atoms with van der Waals surface area (Å²) in [6, 6.07) is 2.28. The minimum absolute atomic E-state index is 0.304. The van der Waals surface area contributed by atoms with Crippen LogP contribution in [0.15, 0.2) is 18.2 Å². The number of benzene rings is 1. The largest absolute Gasteiger partial charge is 0.508 e. The van der Waals surface area contributed by atoms with Gasteiger partial charge < -0.3 is 10.8 Å². The fourth-order valence-electron chi connectivity index (χ4n) is 1.11. The molecule has 0 aliphatic heterocycles. The smallest absolute Gasteiger partial charge is 0.416 e. The number of phenolic OH excluding ortho intramolecular Hbond substituents is 1. The van der Waals surface area contributed by atoms with Crippen LogP contribution in [0.3, 0.4) is 0 Å². The Labute approximate surface area is 79.2 Å². The Morgan fingerprint density at radius 1 is 1.36 bits per heavy atom. The van der Waals surface area contributed by atoms with E-state index in [0.717, 1.165) is 6.07 Å². The molecule has 5 heteroatoms. The molecule has 0 aliphatic rings. The van der Waals surface area contributed by atoms with Crippen LogP contribution in [0.2, 0.25) is 0 Å². The molecule has 1 rings (SSSR count). The van der Waals surface area contributed by atoms with Crippen molar-refractivity contribution in [3.63, 3.8) is 0 Å². The highest BCUT2D eigenvalue weighted by atomic mass is 19.4. The SMILES string of the molecule is C[C@@H](N)c1ccc(C(F)(F)F)cc1O. The average Bonchev–Trinajstić information content (AvgIpc) is 2.01. The first kappa shape index (κ1) is 10.8. The first-order chi connectivity index (χ1) is 6.32. The van der Waals surface area contributed by atoms with Crippen LogP contribution in [-0.2, 0) is 6.18 Å². The predicted molar refractivity (Wildman–Crippen MR) is 45.7 cm³/mol. The van der Waals surface area contributed by atoms with Gasteiger partial charge in [0.05, 0.1) is 5.56 Å². The van der Waals surface area contributed by atoms with Gasteiger partial charge in [-0.15, -0.1) is 0 Å². The lowest BCUT2D eigenvalue weighted by Crippen LogP contribution is -2.08. The van der Waals surface area contributed by atoms with Gasteiger partial charge in [0.2, 0.25) is 0 Å². The van der Waals surface area contributed by atoms with E-state index in [2.05, 4.69) is 0 Å². The van der Waals surface area contributed by atoms with E-state index >= 15 is 0 Å². The first-order valence-electron chi connectivity index (χ1n) is 3.98. The molecule has 0 aromatic heterocycles. The Hall–Kier alpha value is -1.23. The third-order valence-electron chi connectivity index (χ3n) is 1.85. The summed E-state index contributed by atoms with van der Waals surface area (Å²) in [5.74, 6) is -0.421. The van der Waals surface area contributed by atoms with Crippen LogP contribution in [0.1, 0.15) is 24.1 Å². The molecule has 0 fully saturated rings. The van der Waals surface area contributed by atoms with E-state index in [0.29, 0.717) is 11.6 Å². The molecule has 0 spiro atoms. The van der Waals surface area contributed by atoms with Gasteiger partial charge in [0.1, 0.15) is 5.75 Å². The maximum absolute atomic E-state index is 12.2. The van der Waals surface area contributed by atoms with Crippen LogP contribution in [0, 0.1) is 0 Å². The number of phenols is 1. The zero-order valence-corrected chi connectivity index (χ0v) is 7.47. The molecule has 0 heterocycles. The number of hydrogen-bond donors (Lipinski definition) is 2. The quantitative estimate of drug-likeness (QED) is 0.739. The number of hydrogen-bond acceptors (Lipinski definition) is 2. The van der Waals surface area contributed by atoms with Gasteiger partial charge in [-0.25, -0.2) is 0 Å². The zero-order chi connectivity index (χ0) is 10.9. The lowest BCUT2D eigenvalue weighted by Gasteiger charge is -2.11. The van der Waals surface area contributed by atoms with Crippen LogP contribution in [0.5, 0.6) is 5.75 Å². The number of nitrogens with two attached hydrogens (primary N) is 1. The van der Waals surface area contributed by atoms with E-state index in [1.54, 1.807) is 6.92 Å². The van der Waals surface area contributed by atoms with E-state index in [4.69, 9.17) is 5.73 Å². The monoisotopic (exact) mass is 205 g/mol. The molecule has 1 aromatic rings. The van der Waals surface area contributed by atoms with Gasteiger partial charge in [-0.2, -0.15) is 13.2 Å². The molecule has 0 saturated carbocycles. The Morgan fingerprint density at radius 3 is 2.29 bits per heavy atom. The summed E-state index contributed by atoms with van der Waals surface area (Å²) in [7, 11) is 0. The Balaban J connectivity index is 3.13. The normalized spacial score (nSPS) is 14.1. The summed E-state index contributed by atoms with van der Waals surface area (Å²) < 4.78 is 36.5. The minimum Gasteiger partial charge on any atom is -0.508 e. The summed E-state index contributed by atoms with van der Waals surface area (Å²) in [6.07, 6.45) is -4.44. The summed E-state index contributed by atoms with van der Waals surface area (Å²) in [4.78, 5) is 0. The summed E-state index contributed by atoms with van der Waals surface area (Å²) in [5, 5.41) is 9.25. The maximum atomic E-state index is 12.2. The third-order valence-corrected chi connectivity index (χ3v) is 1.85. The van der Waals surface area contributed by atoms with Gasteiger partial charge in [0.25, 0.3) is 0 Å². The minimum atomic E-state index is -4.44. The lowest BCUT2D eigenvalue weighted by molar-refractivity contribution is -0.137. The Morgan fingerprint density at radius 2 is 1.93 bits per heavy atom. The highest BCUT2D eigenvalue weighted by Crippen LogP contribution is 2.33. The molecule has 1 atom stereocenters. The fourth-order valence-corrected chi connectivity index (χ4v) is 1.11. The van der Waals surface area contributed by atoms with Crippen molar-refractivity contribution < 1.29 is 18.3 Å².